The van der Waals surface area contributed by atoms with Crippen LogP contribution in [0.15, 0.2) is 24.3 Å². The average molecular weight is 312 g/mol. The molecule has 1 aliphatic carbocycles. The summed E-state index contributed by atoms with van der Waals surface area (Å²) in [7, 11) is 0. The summed E-state index contributed by atoms with van der Waals surface area (Å²) in [6.45, 7) is 2.91. The van der Waals surface area contributed by atoms with Crippen LogP contribution in [0.4, 0.5) is 0 Å². The zero-order chi connectivity index (χ0) is 15.8. The normalized spacial score (nSPS) is 16.6. The molecule has 1 aromatic carbocycles. The Bertz CT molecular complexity index is 747. The smallest absolute Gasteiger partial charge is 0.358 e. The van der Waals surface area contributed by atoms with Crippen LogP contribution in [0.3, 0.4) is 0 Å². The van der Waals surface area contributed by atoms with Crippen LogP contribution in [0.5, 0.6) is 5.75 Å². The molecule has 120 valence electrons. The van der Waals surface area contributed by atoms with E-state index in [0.29, 0.717) is 18.2 Å². The number of carbonyl (C=O) groups is 1. The third kappa shape index (κ3) is 2.50. The van der Waals surface area contributed by atoms with E-state index in [4.69, 9.17) is 9.47 Å². The molecule has 1 saturated carbocycles. The minimum atomic E-state index is -0.351. The second-order valence-electron chi connectivity index (χ2n) is 6.11. The van der Waals surface area contributed by atoms with E-state index in [1.54, 1.807) is 0 Å². The maximum absolute atomic E-state index is 12.0. The Hall–Kier alpha value is -2.30. The number of aromatic nitrogens is 2. The van der Waals surface area contributed by atoms with Gasteiger partial charge in [-0.2, -0.15) is 5.10 Å². The first kappa shape index (κ1) is 14.3. The van der Waals surface area contributed by atoms with Gasteiger partial charge in [-0.1, -0.05) is 6.42 Å². The zero-order valence-electron chi connectivity index (χ0n) is 13.2. The van der Waals surface area contributed by atoms with E-state index in [1.165, 1.54) is 12.0 Å². The SMILES string of the molecule is CCOC(=O)c1cc(C2CCC2)n(-c2ccc3c(c2)CCO3)n1. The van der Waals surface area contributed by atoms with Gasteiger partial charge in [-0.3, -0.25) is 0 Å². The number of rotatable bonds is 4. The van der Waals surface area contributed by atoms with Crippen molar-refractivity contribution in [3.8, 4) is 11.4 Å². The van der Waals surface area contributed by atoms with E-state index in [-0.39, 0.29) is 5.97 Å². The number of hydrogen-bond donors (Lipinski definition) is 0. The molecule has 0 radical (unpaired) electrons. The van der Waals surface area contributed by atoms with Crippen LogP contribution in [0.1, 0.15) is 53.8 Å². The molecule has 0 atom stereocenters. The molecule has 23 heavy (non-hydrogen) atoms. The van der Waals surface area contributed by atoms with Gasteiger partial charge in [-0.25, -0.2) is 9.48 Å². The molecule has 1 fully saturated rings. The lowest BCUT2D eigenvalue weighted by Gasteiger charge is -2.26. The van der Waals surface area contributed by atoms with Crippen molar-refractivity contribution in [3.05, 3.63) is 41.2 Å². The fourth-order valence-corrected chi connectivity index (χ4v) is 3.21. The van der Waals surface area contributed by atoms with Crippen molar-refractivity contribution >= 4 is 5.97 Å². The maximum Gasteiger partial charge on any atom is 0.358 e. The summed E-state index contributed by atoms with van der Waals surface area (Å²) in [6.07, 6.45) is 4.47. The van der Waals surface area contributed by atoms with Gasteiger partial charge in [0.2, 0.25) is 0 Å². The maximum atomic E-state index is 12.0. The van der Waals surface area contributed by atoms with Crippen LogP contribution in [-0.4, -0.2) is 29.0 Å². The number of esters is 1. The van der Waals surface area contributed by atoms with Crippen LogP contribution in [0, 0.1) is 0 Å². The highest BCUT2D eigenvalue weighted by Crippen LogP contribution is 2.38. The summed E-state index contributed by atoms with van der Waals surface area (Å²) in [5.41, 5.74) is 3.70. The zero-order valence-corrected chi connectivity index (χ0v) is 13.2. The first-order chi connectivity index (χ1) is 11.3. The highest BCUT2D eigenvalue weighted by atomic mass is 16.5. The van der Waals surface area contributed by atoms with Crippen LogP contribution < -0.4 is 4.74 Å². The van der Waals surface area contributed by atoms with Crippen molar-refractivity contribution in [1.82, 2.24) is 9.78 Å². The first-order valence-electron chi connectivity index (χ1n) is 8.29. The summed E-state index contributed by atoms with van der Waals surface area (Å²) in [5, 5.41) is 4.53. The Morgan fingerprint density at radius 1 is 1.39 bits per heavy atom. The number of ether oxygens (including phenoxy) is 2. The highest BCUT2D eigenvalue weighted by molar-refractivity contribution is 5.87. The second-order valence-corrected chi connectivity index (χ2v) is 6.11. The minimum Gasteiger partial charge on any atom is -0.493 e. The summed E-state index contributed by atoms with van der Waals surface area (Å²) in [5.74, 6) is 1.09. The predicted octanol–water partition coefficient (Wildman–Crippen LogP) is 3.25. The average Bonchev–Trinajstić information content (AvgIpc) is 3.11. The second kappa shape index (κ2) is 5.72. The van der Waals surface area contributed by atoms with Gasteiger partial charge in [0.15, 0.2) is 5.69 Å². The van der Waals surface area contributed by atoms with Crippen LogP contribution in [0.25, 0.3) is 5.69 Å². The van der Waals surface area contributed by atoms with Crippen molar-refractivity contribution in [2.75, 3.05) is 13.2 Å². The van der Waals surface area contributed by atoms with Crippen molar-refractivity contribution < 1.29 is 14.3 Å². The van der Waals surface area contributed by atoms with E-state index in [1.807, 2.05) is 29.8 Å². The van der Waals surface area contributed by atoms with Gasteiger partial charge in [0.1, 0.15) is 5.75 Å². The summed E-state index contributed by atoms with van der Waals surface area (Å²) < 4.78 is 12.6. The third-order valence-electron chi connectivity index (χ3n) is 4.66. The van der Waals surface area contributed by atoms with E-state index in [0.717, 1.165) is 43.0 Å². The standard InChI is InChI=1S/C18H20N2O3/c1-2-22-18(21)15-11-16(12-4-3-5-12)20(19-15)14-6-7-17-13(10-14)8-9-23-17/h6-7,10-12H,2-5,8-9H2,1H3. The van der Waals surface area contributed by atoms with E-state index in [9.17, 15) is 4.79 Å². The number of benzene rings is 1. The molecule has 0 unspecified atom stereocenters. The molecule has 0 saturated heterocycles. The minimum absolute atomic E-state index is 0.351. The van der Waals surface area contributed by atoms with Crippen LogP contribution in [0.2, 0.25) is 0 Å². The molecule has 0 amide bonds. The molecular weight excluding hydrogens is 292 g/mol. The first-order valence-corrected chi connectivity index (χ1v) is 8.29. The van der Waals surface area contributed by atoms with Crippen LogP contribution in [-0.2, 0) is 11.2 Å². The quantitative estimate of drug-likeness (QED) is 0.813. The molecule has 2 heterocycles. The van der Waals surface area contributed by atoms with Gasteiger partial charge in [0.05, 0.1) is 18.9 Å². The topological polar surface area (TPSA) is 53.4 Å². The monoisotopic (exact) mass is 312 g/mol. The molecule has 2 aromatic rings. The largest absolute Gasteiger partial charge is 0.493 e. The van der Waals surface area contributed by atoms with E-state index in [2.05, 4.69) is 11.2 Å². The molecule has 5 nitrogen and oxygen atoms in total. The molecule has 0 spiro atoms. The Balaban J connectivity index is 1.75. The summed E-state index contributed by atoms with van der Waals surface area (Å²) in [4.78, 5) is 12.0. The Kier molecular flexibility index (Phi) is 3.56. The van der Waals surface area contributed by atoms with Gasteiger partial charge < -0.3 is 9.47 Å². The van der Waals surface area contributed by atoms with Gasteiger partial charge in [0, 0.05) is 18.0 Å². The van der Waals surface area contributed by atoms with Crippen molar-refractivity contribution in [1.29, 1.82) is 0 Å². The van der Waals surface area contributed by atoms with E-state index >= 15 is 0 Å². The van der Waals surface area contributed by atoms with Gasteiger partial charge >= 0.3 is 5.97 Å². The van der Waals surface area contributed by atoms with Crippen molar-refractivity contribution in [2.24, 2.45) is 0 Å². The molecule has 1 aromatic heterocycles. The van der Waals surface area contributed by atoms with Gasteiger partial charge in [-0.05, 0) is 49.6 Å². The van der Waals surface area contributed by atoms with Crippen LogP contribution >= 0.6 is 0 Å². The molecular formula is C18H20N2O3. The predicted molar refractivity (Wildman–Crippen MR) is 85.3 cm³/mol. The Morgan fingerprint density at radius 3 is 3.00 bits per heavy atom. The Morgan fingerprint density at radius 2 is 2.26 bits per heavy atom. The molecule has 0 N–H and O–H groups in total. The number of hydrogen-bond acceptors (Lipinski definition) is 4. The number of nitrogens with zero attached hydrogens (tertiary/aromatic N) is 2. The summed E-state index contributed by atoms with van der Waals surface area (Å²) >= 11 is 0. The lowest BCUT2D eigenvalue weighted by Crippen LogP contribution is -2.14. The molecule has 4 rings (SSSR count). The molecule has 1 aliphatic heterocycles. The molecule has 5 heteroatoms. The number of carbonyl (C=O) groups excluding carboxylic acids is 1. The highest BCUT2D eigenvalue weighted by Gasteiger charge is 2.27. The third-order valence-corrected chi connectivity index (χ3v) is 4.66. The fraction of sp³-hybridized carbons (Fsp3) is 0.444. The van der Waals surface area contributed by atoms with Crippen molar-refractivity contribution in [3.63, 3.8) is 0 Å². The van der Waals surface area contributed by atoms with Gasteiger partial charge in [-0.15, -0.1) is 0 Å². The molecule has 2 aliphatic rings. The van der Waals surface area contributed by atoms with Gasteiger partial charge in [0.25, 0.3) is 0 Å². The number of fused-ring (bicyclic) bond motifs is 1. The molecule has 0 bridgehead atoms. The summed E-state index contributed by atoms with van der Waals surface area (Å²) in [6, 6.07) is 8.01. The lowest BCUT2D eigenvalue weighted by atomic mass is 9.82. The van der Waals surface area contributed by atoms with E-state index < -0.39 is 0 Å². The fourth-order valence-electron chi connectivity index (χ4n) is 3.21. The lowest BCUT2D eigenvalue weighted by molar-refractivity contribution is 0.0519. The Labute approximate surface area is 135 Å². The van der Waals surface area contributed by atoms with Crippen molar-refractivity contribution in [2.45, 2.75) is 38.5 Å².